The van der Waals surface area contributed by atoms with Crippen LogP contribution in [0, 0.1) is 11.3 Å². The van der Waals surface area contributed by atoms with E-state index in [9.17, 15) is 8.42 Å². The first-order valence-electron chi connectivity index (χ1n) is 5.53. The number of hydrogen-bond acceptors (Lipinski definition) is 5. The second-order valence-corrected chi connectivity index (χ2v) is 6.94. The number of anilines is 1. The van der Waals surface area contributed by atoms with Gasteiger partial charge in [-0.3, -0.25) is 0 Å². The van der Waals surface area contributed by atoms with Gasteiger partial charge in [0.05, 0.1) is 23.1 Å². The SMILES string of the molecule is N#Cc1cc(Cl)nc(NC2CCS(=O)(=O)CC2)c1. The molecular weight excluding hydrogens is 274 g/mol. The zero-order valence-corrected chi connectivity index (χ0v) is 11.1. The quantitative estimate of drug-likeness (QED) is 0.835. The molecule has 0 unspecified atom stereocenters. The number of hydrogen-bond donors (Lipinski definition) is 1. The number of aromatic nitrogens is 1. The average Bonchev–Trinajstić information content (AvgIpc) is 2.31. The van der Waals surface area contributed by atoms with Crippen LogP contribution in [0.3, 0.4) is 0 Å². The normalized spacial score (nSPS) is 19.1. The number of pyridine rings is 1. The molecule has 18 heavy (non-hydrogen) atoms. The Balaban J connectivity index is 2.07. The second kappa shape index (κ2) is 5.12. The summed E-state index contributed by atoms with van der Waals surface area (Å²) in [5, 5.41) is 12.2. The molecule has 1 saturated heterocycles. The molecule has 0 amide bonds. The van der Waals surface area contributed by atoms with E-state index in [-0.39, 0.29) is 22.7 Å². The molecule has 0 radical (unpaired) electrons. The molecule has 1 fully saturated rings. The highest BCUT2D eigenvalue weighted by molar-refractivity contribution is 7.91. The fraction of sp³-hybridized carbons (Fsp3) is 0.455. The van der Waals surface area contributed by atoms with E-state index >= 15 is 0 Å². The summed E-state index contributed by atoms with van der Waals surface area (Å²) < 4.78 is 22.6. The molecule has 7 heteroatoms. The van der Waals surface area contributed by atoms with Crippen molar-refractivity contribution in [3.63, 3.8) is 0 Å². The van der Waals surface area contributed by atoms with Crippen molar-refractivity contribution in [3.05, 3.63) is 22.8 Å². The Morgan fingerprint density at radius 1 is 1.39 bits per heavy atom. The lowest BCUT2D eigenvalue weighted by atomic mass is 10.1. The van der Waals surface area contributed by atoms with Crippen molar-refractivity contribution in [1.29, 1.82) is 5.26 Å². The first-order chi connectivity index (χ1) is 8.48. The Labute approximate surface area is 111 Å². The van der Waals surface area contributed by atoms with E-state index in [0.29, 0.717) is 24.2 Å². The monoisotopic (exact) mass is 285 g/mol. The molecule has 2 rings (SSSR count). The fourth-order valence-electron chi connectivity index (χ4n) is 1.88. The van der Waals surface area contributed by atoms with Crippen LogP contribution in [0.1, 0.15) is 18.4 Å². The summed E-state index contributed by atoms with van der Waals surface area (Å²) in [6.07, 6.45) is 1.11. The Hall–Kier alpha value is -1.32. The van der Waals surface area contributed by atoms with Crippen molar-refractivity contribution in [2.24, 2.45) is 0 Å². The number of nitriles is 1. The van der Waals surface area contributed by atoms with Crippen LogP contribution in [0.5, 0.6) is 0 Å². The summed E-state index contributed by atoms with van der Waals surface area (Å²) in [5.41, 5.74) is 0.431. The Morgan fingerprint density at radius 2 is 2.06 bits per heavy atom. The fourth-order valence-corrected chi connectivity index (χ4v) is 3.58. The summed E-state index contributed by atoms with van der Waals surface area (Å²) in [4.78, 5) is 4.07. The smallest absolute Gasteiger partial charge is 0.150 e. The molecule has 0 saturated carbocycles. The van der Waals surface area contributed by atoms with E-state index in [1.807, 2.05) is 6.07 Å². The minimum atomic E-state index is -2.87. The van der Waals surface area contributed by atoms with Crippen molar-refractivity contribution >= 4 is 27.3 Å². The van der Waals surface area contributed by atoms with Gasteiger partial charge in [-0.2, -0.15) is 5.26 Å². The Morgan fingerprint density at radius 3 is 2.67 bits per heavy atom. The van der Waals surface area contributed by atoms with Crippen molar-refractivity contribution < 1.29 is 8.42 Å². The van der Waals surface area contributed by atoms with Crippen molar-refractivity contribution in [2.45, 2.75) is 18.9 Å². The van der Waals surface area contributed by atoms with Gasteiger partial charge in [0, 0.05) is 6.04 Å². The van der Waals surface area contributed by atoms with Crippen molar-refractivity contribution in [2.75, 3.05) is 16.8 Å². The van der Waals surface area contributed by atoms with Crippen LogP contribution in [0.25, 0.3) is 0 Å². The summed E-state index contributed by atoms with van der Waals surface area (Å²) in [5.74, 6) is 0.899. The molecule has 0 aromatic carbocycles. The van der Waals surface area contributed by atoms with Crippen LogP contribution in [0.15, 0.2) is 12.1 Å². The molecule has 1 aromatic heterocycles. The predicted octanol–water partition coefficient (Wildman–Crippen LogP) is 1.60. The molecule has 0 aliphatic carbocycles. The number of rotatable bonds is 2. The predicted molar refractivity (Wildman–Crippen MR) is 69.3 cm³/mol. The number of nitrogens with zero attached hydrogens (tertiary/aromatic N) is 2. The third kappa shape index (κ3) is 3.34. The average molecular weight is 286 g/mol. The highest BCUT2D eigenvalue weighted by Gasteiger charge is 2.23. The lowest BCUT2D eigenvalue weighted by Gasteiger charge is -2.23. The zero-order valence-electron chi connectivity index (χ0n) is 9.56. The van der Waals surface area contributed by atoms with E-state index in [0.717, 1.165) is 0 Å². The van der Waals surface area contributed by atoms with Gasteiger partial charge in [-0.05, 0) is 25.0 Å². The summed E-state index contributed by atoms with van der Waals surface area (Å²) in [6.45, 7) is 0. The van der Waals surface area contributed by atoms with E-state index in [1.165, 1.54) is 6.07 Å². The molecule has 1 N–H and O–H groups in total. The highest BCUT2D eigenvalue weighted by atomic mass is 35.5. The summed E-state index contributed by atoms with van der Waals surface area (Å²) in [6, 6.07) is 5.15. The van der Waals surface area contributed by atoms with Crippen LogP contribution in [-0.4, -0.2) is 30.9 Å². The lowest BCUT2D eigenvalue weighted by molar-refractivity contribution is 0.559. The first kappa shape index (κ1) is 13.1. The van der Waals surface area contributed by atoms with Crippen LogP contribution in [0.4, 0.5) is 5.82 Å². The topological polar surface area (TPSA) is 82.8 Å². The maximum absolute atomic E-state index is 11.3. The largest absolute Gasteiger partial charge is 0.367 e. The maximum Gasteiger partial charge on any atom is 0.150 e. The Kier molecular flexibility index (Phi) is 3.73. The lowest BCUT2D eigenvalue weighted by Crippen LogP contribution is -2.32. The minimum Gasteiger partial charge on any atom is -0.367 e. The molecule has 5 nitrogen and oxygen atoms in total. The molecule has 0 bridgehead atoms. The van der Waals surface area contributed by atoms with Crippen LogP contribution in [-0.2, 0) is 9.84 Å². The van der Waals surface area contributed by atoms with Gasteiger partial charge in [0.1, 0.15) is 20.8 Å². The van der Waals surface area contributed by atoms with Gasteiger partial charge in [-0.1, -0.05) is 11.6 Å². The number of sulfone groups is 1. The molecule has 0 atom stereocenters. The van der Waals surface area contributed by atoms with Crippen LogP contribution >= 0.6 is 11.6 Å². The van der Waals surface area contributed by atoms with Crippen LogP contribution < -0.4 is 5.32 Å². The van der Waals surface area contributed by atoms with E-state index in [2.05, 4.69) is 10.3 Å². The third-order valence-corrected chi connectivity index (χ3v) is 4.74. The second-order valence-electron chi connectivity index (χ2n) is 4.25. The van der Waals surface area contributed by atoms with Gasteiger partial charge in [0.2, 0.25) is 0 Å². The summed E-state index contributed by atoms with van der Waals surface area (Å²) in [7, 11) is -2.87. The van der Waals surface area contributed by atoms with E-state index < -0.39 is 9.84 Å². The van der Waals surface area contributed by atoms with E-state index in [4.69, 9.17) is 16.9 Å². The molecule has 96 valence electrons. The first-order valence-corrected chi connectivity index (χ1v) is 7.73. The van der Waals surface area contributed by atoms with Crippen LogP contribution in [0.2, 0.25) is 5.15 Å². The molecular formula is C11H12ClN3O2S. The van der Waals surface area contributed by atoms with Gasteiger partial charge in [0.25, 0.3) is 0 Å². The third-order valence-electron chi connectivity index (χ3n) is 2.83. The van der Waals surface area contributed by atoms with Gasteiger partial charge in [-0.25, -0.2) is 13.4 Å². The van der Waals surface area contributed by atoms with Gasteiger partial charge in [-0.15, -0.1) is 0 Å². The van der Waals surface area contributed by atoms with Crippen molar-refractivity contribution in [1.82, 2.24) is 4.98 Å². The Bertz CT molecular complexity index is 581. The number of nitrogens with one attached hydrogen (secondary N) is 1. The minimum absolute atomic E-state index is 0.0611. The van der Waals surface area contributed by atoms with Gasteiger partial charge in [0.15, 0.2) is 0 Å². The summed E-state index contributed by atoms with van der Waals surface area (Å²) >= 11 is 5.79. The molecule has 1 aliphatic heterocycles. The van der Waals surface area contributed by atoms with Gasteiger partial charge >= 0.3 is 0 Å². The van der Waals surface area contributed by atoms with Crippen molar-refractivity contribution in [3.8, 4) is 6.07 Å². The molecule has 2 heterocycles. The maximum atomic E-state index is 11.3. The highest BCUT2D eigenvalue weighted by Crippen LogP contribution is 2.19. The standard InChI is InChI=1S/C11H12ClN3O2S/c12-10-5-8(7-13)6-11(15-10)14-9-1-3-18(16,17)4-2-9/h5-6,9H,1-4H2,(H,14,15). The van der Waals surface area contributed by atoms with Gasteiger partial charge < -0.3 is 5.32 Å². The number of halogens is 1. The zero-order chi connectivity index (χ0) is 13.2. The molecule has 1 aliphatic rings. The molecule has 1 aromatic rings. The molecule has 0 spiro atoms. The van der Waals surface area contributed by atoms with E-state index in [1.54, 1.807) is 6.07 Å².